The van der Waals surface area contributed by atoms with Crippen molar-refractivity contribution in [3.63, 3.8) is 0 Å². The number of benzene rings is 1. The second kappa shape index (κ2) is 6.73. The molecule has 23 heavy (non-hydrogen) atoms. The van der Waals surface area contributed by atoms with E-state index in [9.17, 15) is 13.6 Å². The number of amides is 1. The number of halogens is 2. The van der Waals surface area contributed by atoms with Gasteiger partial charge in [-0.1, -0.05) is 18.9 Å². The summed E-state index contributed by atoms with van der Waals surface area (Å²) in [5.74, 6) is -2.29. The van der Waals surface area contributed by atoms with Crippen LogP contribution in [0.2, 0.25) is 0 Å². The Morgan fingerprint density at radius 1 is 1.09 bits per heavy atom. The van der Waals surface area contributed by atoms with Gasteiger partial charge in [-0.25, -0.2) is 13.8 Å². The van der Waals surface area contributed by atoms with E-state index in [1.54, 1.807) is 12.3 Å². The molecule has 120 valence electrons. The topological polar surface area (TPSA) is 54.0 Å². The van der Waals surface area contributed by atoms with E-state index in [2.05, 4.69) is 15.6 Å². The summed E-state index contributed by atoms with van der Waals surface area (Å²) in [5, 5.41) is 5.58. The highest BCUT2D eigenvalue weighted by Crippen LogP contribution is 2.22. The van der Waals surface area contributed by atoms with Crippen LogP contribution in [-0.2, 0) is 0 Å². The van der Waals surface area contributed by atoms with Crippen molar-refractivity contribution in [2.45, 2.75) is 31.7 Å². The molecule has 0 atom stereocenters. The molecule has 1 saturated carbocycles. The van der Waals surface area contributed by atoms with E-state index in [1.807, 2.05) is 0 Å². The maximum absolute atomic E-state index is 13.5. The number of hydrogen-bond donors (Lipinski definition) is 2. The van der Waals surface area contributed by atoms with Gasteiger partial charge in [-0.3, -0.25) is 4.79 Å². The van der Waals surface area contributed by atoms with Crippen LogP contribution < -0.4 is 10.6 Å². The summed E-state index contributed by atoms with van der Waals surface area (Å²) in [5.41, 5.74) is 0.475. The smallest absolute Gasteiger partial charge is 0.274 e. The molecule has 0 saturated heterocycles. The first-order valence-corrected chi connectivity index (χ1v) is 7.61. The number of para-hydroxylation sites is 1. The molecule has 1 aromatic heterocycles. The number of pyridine rings is 1. The number of aromatic nitrogens is 1. The number of nitrogens with one attached hydrogen (secondary N) is 2. The summed E-state index contributed by atoms with van der Waals surface area (Å²) in [4.78, 5) is 16.1. The monoisotopic (exact) mass is 317 g/mol. The largest absolute Gasteiger partial charge is 0.381 e. The minimum absolute atomic E-state index is 0.102. The molecule has 3 rings (SSSR count). The summed E-state index contributed by atoms with van der Waals surface area (Å²) in [6, 6.07) is 7.14. The van der Waals surface area contributed by atoms with Crippen molar-refractivity contribution in [3.05, 3.63) is 53.9 Å². The molecule has 2 aromatic rings. The van der Waals surface area contributed by atoms with Gasteiger partial charge in [0, 0.05) is 6.04 Å². The van der Waals surface area contributed by atoms with Gasteiger partial charge in [-0.15, -0.1) is 0 Å². The molecule has 0 aliphatic heterocycles. The Labute approximate surface area is 132 Å². The quantitative estimate of drug-likeness (QED) is 0.897. The van der Waals surface area contributed by atoms with Crippen LogP contribution in [0, 0.1) is 11.6 Å². The van der Waals surface area contributed by atoms with E-state index >= 15 is 0 Å². The Balaban J connectivity index is 1.67. The predicted octanol–water partition coefficient (Wildman–Crippen LogP) is 3.97. The number of anilines is 2. The fraction of sp³-hybridized carbons (Fsp3) is 0.294. The van der Waals surface area contributed by atoms with E-state index in [4.69, 9.17) is 0 Å². The van der Waals surface area contributed by atoms with Crippen LogP contribution in [0.1, 0.15) is 36.2 Å². The fourth-order valence-corrected chi connectivity index (χ4v) is 2.71. The summed E-state index contributed by atoms with van der Waals surface area (Å²) in [7, 11) is 0. The van der Waals surface area contributed by atoms with Crippen molar-refractivity contribution in [2.24, 2.45) is 0 Å². The van der Waals surface area contributed by atoms with E-state index in [0.717, 1.165) is 30.7 Å². The number of rotatable bonds is 4. The summed E-state index contributed by atoms with van der Waals surface area (Å²) >= 11 is 0. The molecule has 6 heteroatoms. The zero-order chi connectivity index (χ0) is 16.2. The van der Waals surface area contributed by atoms with Crippen LogP contribution in [-0.4, -0.2) is 16.9 Å². The molecule has 1 aliphatic carbocycles. The van der Waals surface area contributed by atoms with Gasteiger partial charge in [0.1, 0.15) is 23.0 Å². The fourth-order valence-electron chi connectivity index (χ4n) is 2.71. The second-order valence-electron chi connectivity index (χ2n) is 5.61. The first-order chi connectivity index (χ1) is 11.1. The molecule has 0 spiro atoms. The van der Waals surface area contributed by atoms with Crippen LogP contribution in [0.15, 0.2) is 36.5 Å². The van der Waals surface area contributed by atoms with Crippen molar-refractivity contribution in [2.75, 3.05) is 10.6 Å². The van der Waals surface area contributed by atoms with Gasteiger partial charge in [0.05, 0.1) is 11.9 Å². The van der Waals surface area contributed by atoms with Crippen molar-refractivity contribution >= 4 is 17.3 Å². The maximum atomic E-state index is 13.5. The normalized spacial score (nSPS) is 14.7. The molecule has 1 fully saturated rings. The zero-order valence-corrected chi connectivity index (χ0v) is 12.5. The first-order valence-electron chi connectivity index (χ1n) is 7.61. The SMILES string of the molecule is O=C(Nc1c(F)cccc1F)c1ccc(NC2CCCC2)cn1. The summed E-state index contributed by atoms with van der Waals surface area (Å²) < 4.78 is 27.1. The molecule has 2 N–H and O–H groups in total. The van der Waals surface area contributed by atoms with Gasteiger partial charge in [0.15, 0.2) is 0 Å². The average molecular weight is 317 g/mol. The Hall–Kier alpha value is -2.50. The van der Waals surface area contributed by atoms with E-state index in [1.165, 1.54) is 25.0 Å². The molecule has 1 aromatic carbocycles. The highest BCUT2D eigenvalue weighted by molar-refractivity contribution is 6.03. The molecule has 0 radical (unpaired) electrons. The Morgan fingerprint density at radius 3 is 2.39 bits per heavy atom. The van der Waals surface area contributed by atoms with Gasteiger partial charge in [-0.05, 0) is 37.1 Å². The highest BCUT2D eigenvalue weighted by Gasteiger charge is 2.16. The number of hydrogen-bond acceptors (Lipinski definition) is 3. The van der Waals surface area contributed by atoms with E-state index < -0.39 is 23.2 Å². The third-order valence-corrected chi connectivity index (χ3v) is 3.92. The van der Waals surface area contributed by atoms with Crippen molar-refractivity contribution in [1.29, 1.82) is 0 Å². The van der Waals surface area contributed by atoms with E-state index in [0.29, 0.717) is 6.04 Å². The third kappa shape index (κ3) is 3.64. The van der Waals surface area contributed by atoms with E-state index in [-0.39, 0.29) is 5.69 Å². The lowest BCUT2D eigenvalue weighted by Crippen LogP contribution is -2.17. The standard InChI is InChI=1S/C17H17F2N3O/c18-13-6-3-7-14(19)16(13)22-17(23)15-9-8-12(10-20-15)21-11-4-1-2-5-11/h3,6-11,21H,1-2,4-5H2,(H,22,23). The molecular weight excluding hydrogens is 300 g/mol. The molecular formula is C17H17F2N3O. The van der Waals surface area contributed by atoms with Crippen molar-refractivity contribution in [1.82, 2.24) is 4.98 Å². The van der Waals surface area contributed by atoms with Crippen LogP contribution in [0.5, 0.6) is 0 Å². The molecule has 0 unspecified atom stereocenters. The van der Waals surface area contributed by atoms with Crippen LogP contribution in [0.4, 0.5) is 20.2 Å². The van der Waals surface area contributed by atoms with Gasteiger partial charge >= 0.3 is 0 Å². The first kappa shape index (κ1) is 15.4. The highest BCUT2D eigenvalue weighted by atomic mass is 19.1. The molecule has 1 amide bonds. The zero-order valence-electron chi connectivity index (χ0n) is 12.5. The lowest BCUT2D eigenvalue weighted by molar-refractivity contribution is 0.102. The van der Waals surface area contributed by atoms with Crippen LogP contribution in [0.25, 0.3) is 0 Å². The maximum Gasteiger partial charge on any atom is 0.274 e. The lowest BCUT2D eigenvalue weighted by atomic mass is 10.2. The summed E-state index contributed by atoms with van der Waals surface area (Å²) in [6.07, 6.45) is 6.27. The van der Waals surface area contributed by atoms with Gasteiger partial charge in [0.25, 0.3) is 5.91 Å². The Morgan fingerprint density at radius 2 is 1.78 bits per heavy atom. The molecule has 1 aliphatic rings. The van der Waals surface area contributed by atoms with Crippen molar-refractivity contribution in [3.8, 4) is 0 Å². The minimum atomic E-state index is -0.821. The summed E-state index contributed by atoms with van der Waals surface area (Å²) in [6.45, 7) is 0. The van der Waals surface area contributed by atoms with Crippen LogP contribution >= 0.6 is 0 Å². The van der Waals surface area contributed by atoms with Gasteiger partial charge in [0.2, 0.25) is 0 Å². The van der Waals surface area contributed by atoms with Gasteiger partial charge in [-0.2, -0.15) is 0 Å². The average Bonchev–Trinajstić information content (AvgIpc) is 3.04. The number of carbonyl (C=O) groups is 1. The number of nitrogens with zero attached hydrogens (tertiary/aromatic N) is 1. The molecule has 1 heterocycles. The third-order valence-electron chi connectivity index (χ3n) is 3.92. The van der Waals surface area contributed by atoms with Gasteiger partial charge < -0.3 is 10.6 Å². The van der Waals surface area contributed by atoms with Crippen molar-refractivity contribution < 1.29 is 13.6 Å². The second-order valence-corrected chi connectivity index (χ2v) is 5.61. The Bertz CT molecular complexity index is 677. The number of carbonyl (C=O) groups excluding carboxylic acids is 1. The Kier molecular flexibility index (Phi) is 4.50. The lowest BCUT2D eigenvalue weighted by Gasteiger charge is -2.13. The van der Waals surface area contributed by atoms with Crippen LogP contribution in [0.3, 0.4) is 0 Å². The predicted molar refractivity (Wildman–Crippen MR) is 84.4 cm³/mol. The minimum Gasteiger partial charge on any atom is -0.381 e. The molecule has 0 bridgehead atoms. The molecule has 4 nitrogen and oxygen atoms in total.